The number of ether oxygens (including phenoxy) is 2. The molecule has 0 atom stereocenters. The van der Waals surface area contributed by atoms with Crippen molar-refractivity contribution in [1.29, 1.82) is 0 Å². The highest BCUT2D eigenvalue weighted by Crippen LogP contribution is 2.29. The smallest absolute Gasteiger partial charge is 0.265 e. The van der Waals surface area contributed by atoms with E-state index < -0.39 is 10.0 Å². The monoisotopic (exact) mass is 373 g/mol. The number of aromatic nitrogens is 2. The first-order valence-electron chi connectivity index (χ1n) is 7.83. The molecule has 0 spiro atoms. The summed E-state index contributed by atoms with van der Waals surface area (Å²) in [6.07, 6.45) is 3.54. The van der Waals surface area contributed by atoms with Crippen LogP contribution in [0.4, 0.5) is 5.69 Å². The van der Waals surface area contributed by atoms with E-state index in [0.29, 0.717) is 18.0 Å². The summed E-state index contributed by atoms with van der Waals surface area (Å²) in [6, 6.07) is 13.6. The van der Waals surface area contributed by atoms with Gasteiger partial charge in [-0.1, -0.05) is 12.1 Å². The van der Waals surface area contributed by atoms with E-state index >= 15 is 0 Å². The topological polar surface area (TPSA) is 82.5 Å². The summed E-state index contributed by atoms with van der Waals surface area (Å²) < 4.78 is 40.3. The molecular weight excluding hydrogens is 354 g/mol. The van der Waals surface area contributed by atoms with Crippen LogP contribution in [0.1, 0.15) is 5.56 Å². The second-order valence-corrected chi connectivity index (χ2v) is 7.18. The molecule has 1 aromatic heterocycles. The zero-order valence-electron chi connectivity index (χ0n) is 14.4. The van der Waals surface area contributed by atoms with Crippen molar-refractivity contribution in [2.45, 2.75) is 11.4 Å². The number of methoxy groups -OCH3 is 2. The van der Waals surface area contributed by atoms with Crippen molar-refractivity contribution < 1.29 is 17.9 Å². The van der Waals surface area contributed by atoms with Gasteiger partial charge in [0.05, 0.1) is 20.8 Å². The fourth-order valence-corrected chi connectivity index (χ4v) is 3.75. The quantitative estimate of drug-likeness (QED) is 0.689. The van der Waals surface area contributed by atoms with Crippen LogP contribution in [-0.2, 0) is 16.6 Å². The van der Waals surface area contributed by atoms with Gasteiger partial charge in [0, 0.05) is 24.1 Å². The van der Waals surface area contributed by atoms with Crippen LogP contribution in [-0.4, -0.2) is 32.4 Å². The van der Waals surface area contributed by atoms with Gasteiger partial charge in [0.1, 0.15) is 16.4 Å². The number of nitrogens with one attached hydrogen (secondary N) is 1. The molecule has 3 rings (SSSR count). The van der Waals surface area contributed by atoms with E-state index in [1.807, 2.05) is 18.3 Å². The zero-order valence-corrected chi connectivity index (χ0v) is 15.2. The molecular formula is C18H19N3O4S. The molecule has 1 N–H and O–H groups in total. The van der Waals surface area contributed by atoms with Crippen LogP contribution in [0.15, 0.2) is 65.8 Å². The molecule has 2 aromatic carbocycles. The van der Waals surface area contributed by atoms with Crippen molar-refractivity contribution in [2.24, 2.45) is 0 Å². The lowest BCUT2D eigenvalue weighted by molar-refractivity contribution is 0.392. The van der Waals surface area contributed by atoms with Gasteiger partial charge >= 0.3 is 0 Å². The number of hydrogen-bond donors (Lipinski definition) is 1. The van der Waals surface area contributed by atoms with E-state index in [1.165, 1.54) is 20.3 Å². The average Bonchev–Trinajstić information content (AvgIpc) is 3.14. The Hall–Kier alpha value is -3.00. The Morgan fingerprint density at radius 3 is 2.62 bits per heavy atom. The molecule has 8 heteroatoms. The second-order valence-electron chi connectivity index (χ2n) is 5.53. The first kappa shape index (κ1) is 17.8. The number of benzene rings is 2. The average molecular weight is 373 g/mol. The maximum atomic E-state index is 12.8. The van der Waals surface area contributed by atoms with Crippen LogP contribution in [0.25, 0.3) is 0 Å². The zero-order chi connectivity index (χ0) is 18.6. The van der Waals surface area contributed by atoms with E-state index in [0.717, 1.165) is 5.56 Å². The maximum absolute atomic E-state index is 12.8. The van der Waals surface area contributed by atoms with E-state index in [1.54, 1.807) is 41.2 Å². The normalized spacial score (nSPS) is 11.2. The Kier molecular flexibility index (Phi) is 5.13. The number of anilines is 1. The summed E-state index contributed by atoms with van der Waals surface area (Å²) in [4.78, 5) is 0.0110. The predicted octanol–water partition coefficient (Wildman–Crippen LogP) is 2.75. The summed E-state index contributed by atoms with van der Waals surface area (Å²) in [6.45, 7) is 0.547. The maximum Gasteiger partial charge on any atom is 0.265 e. The highest BCUT2D eigenvalue weighted by Gasteiger charge is 2.21. The molecule has 0 unspecified atom stereocenters. The molecule has 0 bridgehead atoms. The Morgan fingerprint density at radius 2 is 1.92 bits per heavy atom. The summed E-state index contributed by atoms with van der Waals surface area (Å²) >= 11 is 0. The van der Waals surface area contributed by atoms with Crippen LogP contribution in [0.5, 0.6) is 11.5 Å². The highest BCUT2D eigenvalue weighted by molar-refractivity contribution is 7.92. The van der Waals surface area contributed by atoms with Gasteiger partial charge < -0.3 is 9.47 Å². The Morgan fingerprint density at radius 1 is 1.08 bits per heavy atom. The number of rotatable bonds is 7. The van der Waals surface area contributed by atoms with Gasteiger partial charge in [-0.2, -0.15) is 5.10 Å². The molecule has 7 nitrogen and oxygen atoms in total. The third kappa shape index (κ3) is 3.97. The fourth-order valence-electron chi connectivity index (χ4n) is 2.52. The van der Waals surface area contributed by atoms with Crippen LogP contribution in [0.2, 0.25) is 0 Å². The summed E-state index contributed by atoms with van der Waals surface area (Å²) in [5.41, 5.74) is 1.38. The lowest BCUT2D eigenvalue weighted by Crippen LogP contribution is -2.14. The summed E-state index contributed by atoms with van der Waals surface area (Å²) in [5.74, 6) is 0.671. The molecule has 3 aromatic rings. The molecule has 1 heterocycles. The molecule has 136 valence electrons. The molecule has 0 radical (unpaired) electrons. The van der Waals surface area contributed by atoms with Gasteiger partial charge in [0.25, 0.3) is 10.0 Å². The van der Waals surface area contributed by atoms with Crippen LogP contribution < -0.4 is 14.2 Å². The lowest BCUT2D eigenvalue weighted by atomic mass is 10.2. The SMILES string of the molecule is COc1ccc(OC)c(S(=O)(=O)Nc2cccc(Cn3cccn3)c2)c1. The van der Waals surface area contributed by atoms with Crippen molar-refractivity contribution in [2.75, 3.05) is 18.9 Å². The third-order valence-electron chi connectivity index (χ3n) is 3.74. The molecule has 0 fully saturated rings. The van der Waals surface area contributed by atoms with E-state index in [9.17, 15) is 8.42 Å². The first-order chi connectivity index (χ1) is 12.5. The fraction of sp³-hybridized carbons (Fsp3) is 0.167. The summed E-state index contributed by atoms with van der Waals surface area (Å²) in [7, 11) is -0.946. The standard InChI is InChI=1S/C18H19N3O4S/c1-24-16-7-8-17(25-2)18(12-16)26(22,23)20-15-6-3-5-14(11-15)13-21-10-4-9-19-21/h3-12,20H,13H2,1-2H3. The number of nitrogens with zero attached hydrogens (tertiary/aromatic N) is 2. The number of hydrogen-bond acceptors (Lipinski definition) is 5. The van der Waals surface area contributed by atoms with Gasteiger partial charge in [-0.15, -0.1) is 0 Å². The van der Waals surface area contributed by atoms with Gasteiger partial charge in [0.15, 0.2) is 0 Å². The Balaban J connectivity index is 1.88. The van der Waals surface area contributed by atoms with Gasteiger partial charge in [-0.3, -0.25) is 9.40 Å². The minimum Gasteiger partial charge on any atom is -0.497 e. The Bertz CT molecular complexity index is 985. The van der Waals surface area contributed by atoms with Gasteiger partial charge in [-0.25, -0.2) is 8.42 Å². The largest absolute Gasteiger partial charge is 0.497 e. The minimum absolute atomic E-state index is 0.0110. The second kappa shape index (κ2) is 7.49. The van der Waals surface area contributed by atoms with Crippen molar-refractivity contribution in [3.63, 3.8) is 0 Å². The first-order valence-corrected chi connectivity index (χ1v) is 9.31. The van der Waals surface area contributed by atoms with Gasteiger partial charge in [0.2, 0.25) is 0 Å². The van der Waals surface area contributed by atoms with E-state index in [4.69, 9.17) is 9.47 Å². The van der Waals surface area contributed by atoms with E-state index in [2.05, 4.69) is 9.82 Å². The number of sulfonamides is 1. The molecule has 0 aliphatic heterocycles. The van der Waals surface area contributed by atoms with Crippen molar-refractivity contribution >= 4 is 15.7 Å². The van der Waals surface area contributed by atoms with Gasteiger partial charge in [-0.05, 0) is 35.9 Å². The molecule has 0 saturated carbocycles. The van der Waals surface area contributed by atoms with Crippen LogP contribution in [0.3, 0.4) is 0 Å². The molecule has 26 heavy (non-hydrogen) atoms. The van der Waals surface area contributed by atoms with Crippen molar-refractivity contribution in [3.05, 3.63) is 66.5 Å². The molecule has 0 aliphatic carbocycles. The third-order valence-corrected chi connectivity index (χ3v) is 5.15. The van der Waals surface area contributed by atoms with Crippen LogP contribution in [0, 0.1) is 0 Å². The van der Waals surface area contributed by atoms with Crippen molar-refractivity contribution in [1.82, 2.24) is 9.78 Å². The lowest BCUT2D eigenvalue weighted by Gasteiger charge is -2.13. The molecule has 0 amide bonds. The van der Waals surface area contributed by atoms with Crippen LogP contribution >= 0.6 is 0 Å². The minimum atomic E-state index is -3.84. The molecule has 0 aliphatic rings. The Labute approximate surface area is 152 Å². The molecule has 0 saturated heterocycles. The highest BCUT2D eigenvalue weighted by atomic mass is 32.2. The van der Waals surface area contributed by atoms with E-state index in [-0.39, 0.29) is 10.6 Å². The predicted molar refractivity (Wildman–Crippen MR) is 98.1 cm³/mol. The summed E-state index contributed by atoms with van der Waals surface area (Å²) in [5, 5.41) is 4.15. The van der Waals surface area contributed by atoms with Crippen molar-refractivity contribution in [3.8, 4) is 11.5 Å².